The third kappa shape index (κ3) is 1.73. The molecule has 1 fully saturated rings. The number of carboxylic acid groups (broad SMARTS) is 1. The maximum atomic E-state index is 11.0. The molecule has 1 heterocycles. The number of carboxylic acids is 1. The lowest BCUT2D eigenvalue weighted by molar-refractivity contribution is 0.0697. The summed E-state index contributed by atoms with van der Waals surface area (Å²) < 4.78 is 0. The monoisotopic (exact) mass is 203 g/mol. The molecule has 1 aliphatic heterocycles. The largest absolute Gasteiger partial charge is 0.478 e. The number of benzene rings is 1. The minimum atomic E-state index is -0.873. The van der Waals surface area contributed by atoms with Crippen LogP contribution in [0.15, 0.2) is 30.4 Å². The van der Waals surface area contributed by atoms with E-state index in [0.717, 1.165) is 29.9 Å². The minimum absolute atomic E-state index is 0.369. The molecule has 0 amide bonds. The summed E-state index contributed by atoms with van der Waals surface area (Å²) in [4.78, 5) is 13.0. The van der Waals surface area contributed by atoms with Crippen molar-refractivity contribution in [3.63, 3.8) is 0 Å². The summed E-state index contributed by atoms with van der Waals surface area (Å²) in [5, 5.41) is 9.04. The van der Waals surface area contributed by atoms with Crippen molar-refractivity contribution in [1.29, 1.82) is 0 Å². The van der Waals surface area contributed by atoms with Crippen LogP contribution in [0.4, 0.5) is 5.69 Å². The molecule has 1 saturated heterocycles. The maximum Gasteiger partial charge on any atom is 0.337 e. The van der Waals surface area contributed by atoms with E-state index >= 15 is 0 Å². The van der Waals surface area contributed by atoms with E-state index in [1.807, 2.05) is 24.0 Å². The van der Waals surface area contributed by atoms with Crippen LogP contribution in [0.2, 0.25) is 0 Å². The molecule has 3 nitrogen and oxygen atoms in total. The van der Waals surface area contributed by atoms with Crippen molar-refractivity contribution < 1.29 is 9.90 Å². The van der Waals surface area contributed by atoms with Gasteiger partial charge in [-0.05, 0) is 30.2 Å². The van der Waals surface area contributed by atoms with Crippen molar-refractivity contribution in [3.8, 4) is 0 Å². The second-order valence-electron chi connectivity index (χ2n) is 3.93. The lowest BCUT2D eigenvalue weighted by atomic mass is 10.0. The van der Waals surface area contributed by atoms with Gasteiger partial charge in [-0.2, -0.15) is 0 Å². The Hall–Kier alpha value is -1.77. The summed E-state index contributed by atoms with van der Waals surface area (Å²) in [6.07, 6.45) is 0. The van der Waals surface area contributed by atoms with Crippen LogP contribution in [-0.4, -0.2) is 24.2 Å². The molecule has 0 bridgehead atoms. The lowest BCUT2D eigenvalue weighted by Gasteiger charge is -2.36. The fourth-order valence-corrected chi connectivity index (χ4v) is 1.75. The van der Waals surface area contributed by atoms with Crippen LogP contribution in [0.3, 0.4) is 0 Å². The first kappa shape index (κ1) is 9.77. The fraction of sp³-hybridized carbons (Fsp3) is 0.250. The van der Waals surface area contributed by atoms with Crippen LogP contribution in [0.5, 0.6) is 0 Å². The molecule has 78 valence electrons. The zero-order valence-electron chi connectivity index (χ0n) is 8.66. The quantitative estimate of drug-likeness (QED) is 0.748. The van der Waals surface area contributed by atoms with Crippen LogP contribution in [0, 0.1) is 6.92 Å². The van der Waals surface area contributed by atoms with E-state index in [1.165, 1.54) is 0 Å². The Labute approximate surface area is 88.6 Å². The number of hydrogen-bond donors (Lipinski definition) is 1. The molecule has 0 radical (unpaired) electrons. The fourth-order valence-electron chi connectivity index (χ4n) is 1.75. The van der Waals surface area contributed by atoms with Gasteiger partial charge in [-0.25, -0.2) is 4.79 Å². The van der Waals surface area contributed by atoms with Gasteiger partial charge in [0, 0.05) is 13.1 Å². The van der Waals surface area contributed by atoms with Gasteiger partial charge in [-0.3, -0.25) is 0 Å². The second kappa shape index (κ2) is 3.42. The number of aromatic carboxylic acids is 1. The van der Waals surface area contributed by atoms with Gasteiger partial charge < -0.3 is 10.0 Å². The first-order valence-electron chi connectivity index (χ1n) is 4.83. The van der Waals surface area contributed by atoms with Crippen molar-refractivity contribution in [2.75, 3.05) is 18.0 Å². The number of anilines is 1. The molecule has 0 aliphatic carbocycles. The van der Waals surface area contributed by atoms with Gasteiger partial charge in [0.05, 0.1) is 11.3 Å². The number of carbonyl (C=O) groups is 1. The van der Waals surface area contributed by atoms with Crippen molar-refractivity contribution in [3.05, 3.63) is 41.5 Å². The van der Waals surface area contributed by atoms with Gasteiger partial charge >= 0.3 is 5.97 Å². The SMILES string of the molecule is C=C1CN(c2cc(C)ccc2C(=O)O)C1. The Bertz CT molecular complexity index is 429. The molecule has 0 aromatic heterocycles. The molecular weight excluding hydrogens is 190 g/mol. The van der Waals surface area contributed by atoms with Crippen LogP contribution >= 0.6 is 0 Å². The van der Waals surface area contributed by atoms with Crippen molar-refractivity contribution >= 4 is 11.7 Å². The molecule has 3 heteroatoms. The smallest absolute Gasteiger partial charge is 0.337 e. The van der Waals surface area contributed by atoms with E-state index in [4.69, 9.17) is 5.11 Å². The lowest BCUT2D eigenvalue weighted by Crippen LogP contribution is -2.40. The van der Waals surface area contributed by atoms with Crippen LogP contribution in [-0.2, 0) is 0 Å². The van der Waals surface area contributed by atoms with Crippen LogP contribution < -0.4 is 4.90 Å². The van der Waals surface area contributed by atoms with Gasteiger partial charge in [0.1, 0.15) is 0 Å². The molecule has 15 heavy (non-hydrogen) atoms. The minimum Gasteiger partial charge on any atom is -0.478 e. The van der Waals surface area contributed by atoms with E-state index in [1.54, 1.807) is 6.07 Å². The molecule has 1 aromatic rings. The van der Waals surface area contributed by atoms with E-state index < -0.39 is 5.97 Å². The first-order chi connectivity index (χ1) is 7.08. The van der Waals surface area contributed by atoms with E-state index in [2.05, 4.69) is 6.58 Å². The van der Waals surface area contributed by atoms with Crippen LogP contribution in [0.1, 0.15) is 15.9 Å². The third-order valence-corrected chi connectivity index (χ3v) is 2.55. The molecule has 0 unspecified atom stereocenters. The second-order valence-corrected chi connectivity index (χ2v) is 3.93. The van der Waals surface area contributed by atoms with E-state index in [0.29, 0.717) is 5.56 Å². The van der Waals surface area contributed by atoms with E-state index in [9.17, 15) is 4.79 Å². The Morgan fingerprint density at radius 3 is 2.67 bits per heavy atom. The van der Waals surface area contributed by atoms with Crippen molar-refractivity contribution in [2.24, 2.45) is 0 Å². The van der Waals surface area contributed by atoms with Crippen molar-refractivity contribution in [1.82, 2.24) is 0 Å². The summed E-state index contributed by atoms with van der Waals surface area (Å²) >= 11 is 0. The molecule has 1 N–H and O–H groups in total. The highest BCUT2D eigenvalue weighted by Crippen LogP contribution is 2.28. The number of hydrogen-bond acceptors (Lipinski definition) is 2. The summed E-state index contributed by atoms with van der Waals surface area (Å²) in [6.45, 7) is 7.34. The summed E-state index contributed by atoms with van der Waals surface area (Å²) in [5.41, 5.74) is 3.39. The average molecular weight is 203 g/mol. The average Bonchev–Trinajstić information content (AvgIpc) is 2.12. The molecule has 2 rings (SSSR count). The Balaban J connectivity index is 2.39. The Morgan fingerprint density at radius 1 is 1.47 bits per heavy atom. The summed E-state index contributed by atoms with van der Waals surface area (Å²) in [7, 11) is 0. The molecule has 1 aliphatic rings. The Morgan fingerprint density at radius 2 is 2.13 bits per heavy atom. The third-order valence-electron chi connectivity index (χ3n) is 2.55. The highest BCUT2D eigenvalue weighted by molar-refractivity contribution is 5.95. The van der Waals surface area contributed by atoms with Gasteiger partial charge in [-0.15, -0.1) is 0 Å². The molecular formula is C12H13NO2. The van der Waals surface area contributed by atoms with Gasteiger partial charge in [0.15, 0.2) is 0 Å². The predicted octanol–water partition coefficient (Wildman–Crippen LogP) is 2.07. The Kier molecular flexibility index (Phi) is 2.23. The zero-order valence-corrected chi connectivity index (χ0v) is 8.66. The number of rotatable bonds is 2. The van der Waals surface area contributed by atoms with E-state index in [-0.39, 0.29) is 0 Å². The maximum absolute atomic E-state index is 11.0. The number of aryl methyl sites for hydroxylation is 1. The standard InChI is InChI=1S/C12H13NO2/c1-8-3-4-10(12(14)15)11(5-8)13-6-9(2)7-13/h3-5H,2,6-7H2,1H3,(H,14,15). The molecule has 0 saturated carbocycles. The molecule has 0 spiro atoms. The summed E-state index contributed by atoms with van der Waals surface area (Å²) in [6, 6.07) is 5.39. The van der Waals surface area contributed by atoms with Gasteiger partial charge in [0.25, 0.3) is 0 Å². The highest BCUT2D eigenvalue weighted by atomic mass is 16.4. The molecule has 1 aromatic carbocycles. The van der Waals surface area contributed by atoms with Crippen molar-refractivity contribution in [2.45, 2.75) is 6.92 Å². The van der Waals surface area contributed by atoms with Gasteiger partial charge in [0.2, 0.25) is 0 Å². The first-order valence-corrected chi connectivity index (χ1v) is 4.83. The van der Waals surface area contributed by atoms with Crippen LogP contribution in [0.25, 0.3) is 0 Å². The highest BCUT2D eigenvalue weighted by Gasteiger charge is 2.23. The predicted molar refractivity (Wildman–Crippen MR) is 59.5 cm³/mol. The van der Waals surface area contributed by atoms with Gasteiger partial charge in [-0.1, -0.05) is 12.6 Å². The normalized spacial score (nSPS) is 15.0. The molecule has 0 atom stereocenters. The zero-order chi connectivity index (χ0) is 11.0. The topological polar surface area (TPSA) is 40.5 Å². The summed E-state index contributed by atoms with van der Waals surface area (Å²) in [5.74, 6) is -0.873. The number of nitrogens with zero attached hydrogens (tertiary/aromatic N) is 1.